The van der Waals surface area contributed by atoms with Crippen LogP contribution in [-0.4, -0.2) is 61.2 Å². The van der Waals surface area contributed by atoms with Gasteiger partial charge in [-0.3, -0.25) is 9.69 Å². The van der Waals surface area contributed by atoms with Gasteiger partial charge < -0.3 is 10.6 Å². The van der Waals surface area contributed by atoms with Crippen LogP contribution < -0.4 is 5.73 Å². The van der Waals surface area contributed by atoms with Crippen molar-refractivity contribution in [1.82, 2.24) is 9.80 Å². The number of halogens is 3. The van der Waals surface area contributed by atoms with E-state index in [2.05, 4.69) is 0 Å². The molecule has 2 N–H and O–H groups in total. The summed E-state index contributed by atoms with van der Waals surface area (Å²) < 4.78 is 36.6. The third-order valence-electron chi connectivity index (χ3n) is 2.70. The number of carbonyl (C=O) groups is 1. The van der Waals surface area contributed by atoms with E-state index in [1.54, 1.807) is 4.90 Å². The van der Waals surface area contributed by atoms with Crippen molar-refractivity contribution in [1.29, 1.82) is 0 Å². The van der Waals surface area contributed by atoms with Gasteiger partial charge in [0, 0.05) is 39.1 Å². The molecule has 1 amide bonds. The van der Waals surface area contributed by atoms with E-state index in [-0.39, 0.29) is 25.4 Å². The zero-order chi connectivity index (χ0) is 12.9. The molecule has 100 valence electrons. The second kappa shape index (κ2) is 6.20. The molecule has 0 aromatic carbocycles. The van der Waals surface area contributed by atoms with E-state index in [9.17, 15) is 18.0 Å². The van der Waals surface area contributed by atoms with Gasteiger partial charge in [-0.05, 0) is 6.42 Å². The molecule has 1 heterocycles. The lowest BCUT2D eigenvalue weighted by Crippen LogP contribution is -2.38. The molecule has 7 heteroatoms. The molecule has 1 aliphatic heterocycles. The molecule has 0 aromatic rings. The van der Waals surface area contributed by atoms with Crippen molar-refractivity contribution < 1.29 is 18.0 Å². The zero-order valence-electron chi connectivity index (χ0n) is 9.67. The monoisotopic (exact) mass is 253 g/mol. The van der Waals surface area contributed by atoms with Gasteiger partial charge >= 0.3 is 6.18 Å². The number of alkyl halides is 3. The van der Waals surface area contributed by atoms with Crippen LogP contribution in [0.4, 0.5) is 13.2 Å². The number of nitrogens with zero attached hydrogens (tertiary/aromatic N) is 2. The minimum Gasteiger partial charge on any atom is -0.341 e. The number of hydrogen-bond donors (Lipinski definition) is 1. The summed E-state index contributed by atoms with van der Waals surface area (Å²) in [5.41, 5.74) is 5.28. The molecule has 0 aliphatic carbocycles. The first-order chi connectivity index (χ1) is 7.92. The maximum absolute atomic E-state index is 12.2. The van der Waals surface area contributed by atoms with Crippen molar-refractivity contribution in [3.63, 3.8) is 0 Å². The predicted octanol–water partition coefficient (Wildman–Crippen LogP) is 0.432. The molecule has 0 aromatic heterocycles. The van der Waals surface area contributed by atoms with Crippen molar-refractivity contribution in [3.05, 3.63) is 0 Å². The summed E-state index contributed by atoms with van der Waals surface area (Å²) in [6, 6.07) is 0. The lowest BCUT2D eigenvalue weighted by Gasteiger charge is -2.22. The molecule has 0 radical (unpaired) electrons. The molecule has 4 nitrogen and oxygen atoms in total. The largest absolute Gasteiger partial charge is 0.401 e. The third-order valence-corrected chi connectivity index (χ3v) is 2.70. The molecule has 1 rings (SSSR count). The Morgan fingerprint density at radius 1 is 1.18 bits per heavy atom. The number of rotatable bonds is 3. The van der Waals surface area contributed by atoms with Crippen LogP contribution in [0.3, 0.4) is 0 Å². The van der Waals surface area contributed by atoms with Crippen LogP contribution >= 0.6 is 0 Å². The zero-order valence-corrected chi connectivity index (χ0v) is 9.67. The van der Waals surface area contributed by atoms with Crippen LogP contribution in [0.5, 0.6) is 0 Å². The van der Waals surface area contributed by atoms with E-state index in [0.29, 0.717) is 26.1 Å². The van der Waals surface area contributed by atoms with Gasteiger partial charge in [-0.15, -0.1) is 0 Å². The van der Waals surface area contributed by atoms with Crippen LogP contribution in [0.15, 0.2) is 0 Å². The summed E-state index contributed by atoms with van der Waals surface area (Å²) in [4.78, 5) is 14.5. The van der Waals surface area contributed by atoms with Crippen molar-refractivity contribution >= 4 is 5.91 Å². The summed E-state index contributed by atoms with van der Waals surface area (Å²) in [5, 5.41) is 0. The molecule has 0 spiro atoms. The van der Waals surface area contributed by atoms with Gasteiger partial charge in [0.2, 0.25) is 5.91 Å². The first kappa shape index (κ1) is 14.2. The summed E-state index contributed by atoms with van der Waals surface area (Å²) in [6.45, 7) is 0.914. The highest BCUT2D eigenvalue weighted by Gasteiger charge is 2.31. The summed E-state index contributed by atoms with van der Waals surface area (Å²) in [7, 11) is 0. The van der Waals surface area contributed by atoms with Gasteiger partial charge in [0.1, 0.15) is 0 Å². The summed E-state index contributed by atoms with van der Waals surface area (Å²) in [5.74, 6) is -0.0682. The average molecular weight is 253 g/mol. The fourth-order valence-electron chi connectivity index (χ4n) is 1.91. The van der Waals surface area contributed by atoms with Crippen molar-refractivity contribution in [2.24, 2.45) is 5.73 Å². The highest BCUT2D eigenvalue weighted by atomic mass is 19.4. The van der Waals surface area contributed by atoms with Gasteiger partial charge in [0.25, 0.3) is 0 Å². The van der Waals surface area contributed by atoms with Crippen LogP contribution in [0.25, 0.3) is 0 Å². The Morgan fingerprint density at radius 2 is 1.88 bits per heavy atom. The van der Waals surface area contributed by atoms with Gasteiger partial charge in [0.05, 0.1) is 6.54 Å². The van der Waals surface area contributed by atoms with Crippen LogP contribution in [0.2, 0.25) is 0 Å². The minimum absolute atomic E-state index is 0.0682. The number of carbonyl (C=O) groups excluding carboxylic acids is 1. The van der Waals surface area contributed by atoms with Crippen molar-refractivity contribution in [3.8, 4) is 0 Å². The van der Waals surface area contributed by atoms with Gasteiger partial charge in [0.15, 0.2) is 0 Å². The molecule has 0 unspecified atom stereocenters. The molecular weight excluding hydrogens is 235 g/mol. The Morgan fingerprint density at radius 3 is 2.47 bits per heavy atom. The van der Waals surface area contributed by atoms with E-state index in [1.807, 2.05) is 0 Å². The lowest BCUT2D eigenvalue weighted by molar-refractivity contribution is -0.145. The summed E-state index contributed by atoms with van der Waals surface area (Å²) in [6.07, 6.45) is -3.33. The third kappa shape index (κ3) is 5.36. The second-order valence-electron chi connectivity index (χ2n) is 4.16. The molecular formula is C10H18F3N3O. The molecule has 0 saturated carbocycles. The highest BCUT2D eigenvalue weighted by molar-refractivity contribution is 5.76. The Labute approximate surface area is 98.5 Å². The van der Waals surface area contributed by atoms with Gasteiger partial charge in [-0.2, -0.15) is 13.2 Å². The normalized spacial score (nSPS) is 19.2. The fraction of sp³-hybridized carbons (Fsp3) is 0.900. The average Bonchev–Trinajstić information content (AvgIpc) is 2.41. The van der Waals surface area contributed by atoms with E-state index in [4.69, 9.17) is 5.73 Å². The van der Waals surface area contributed by atoms with Crippen LogP contribution in [0.1, 0.15) is 12.8 Å². The highest BCUT2D eigenvalue weighted by Crippen LogP contribution is 2.17. The quantitative estimate of drug-likeness (QED) is 0.793. The van der Waals surface area contributed by atoms with E-state index < -0.39 is 12.7 Å². The van der Waals surface area contributed by atoms with Crippen LogP contribution in [-0.2, 0) is 4.79 Å². The Bertz CT molecular complexity index is 258. The molecule has 1 fully saturated rings. The number of amides is 1. The maximum Gasteiger partial charge on any atom is 0.401 e. The molecule has 0 bridgehead atoms. The molecule has 1 saturated heterocycles. The SMILES string of the molecule is NCCC(=O)N1CCCN(CC(F)(F)F)CC1. The predicted molar refractivity (Wildman–Crippen MR) is 57.4 cm³/mol. The van der Waals surface area contributed by atoms with E-state index in [0.717, 1.165) is 0 Å². The van der Waals surface area contributed by atoms with Crippen molar-refractivity contribution in [2.45, 2.75) is 19.0 Å². The first-order valence-corrected chi connectivity index (χ1v) is 5.69. The maximum atomic E-state index is 12.2. The molecule has 1 aliphatic rings. The lowest BCUT2D eigenvalue weighted by atomic mass is 10.3. The van der Waals surface area contributed by atoms with E-state index >= 15 is 0 Å². The fourth-order valence-corrected chi connectivity index (χ4v) is 1.91. The molecule has 0 atom stereocenters. The first-order valence-electron chi connectivity index (χ1n) is 5.69. The Hall–Kier alpha value is -0.820. The standard InChI is InChI=1S/C10H18F3N3O/c11-10(12,13)8-15-4-1-5-16(7-6-15)9(17)2-3-14/h1-8,14H2. The van der Waals surface area contributed by atoms with Gasteiger partial charge in [-0.1, -0.05) is 0 Å². The minimum atomic E-state index is -4.17. The molecule has 17 heavy (non-hydrogen) atoms. The van der Waals surface area contributed by atoms with Gasteiger partial charge in [-0.25, -0.2) is 0 Å². The Balaban J connectivity index is 2.42. The number of hydrogen-bond acceptors (Lipinski definition) is 3. The Kier molecular flexibility index (Phi) is 5.20. The van der Waals surface area contributed by atoms with Crippen molar-refractivity contribution in [2.75, 3.05) is 39.3 Å². The van der Waals surface area contributed by atoms with E-state index in [1.165, 1.54) is 4.90 Å². The second-order valence-corrected chi connectivity index (χ2v) is 4.16. The summed E-state index contributed by atoms with van der Waals surface area (Å²) >= 11 is 0. The van der Waals surface area contributed by atoms with Crippen LogP contribution in [0, 0.1) is 0 Å². The topological polar surface area (TPSA) is 49.6 Å². The number of nitrogens with two attached hydrogens (primary N) is 1. The smallest absolute Gasteiger partial charge is 0.341 e.